The molecule has 0 amide bonds. The van der Waals surface area contributed by atoms with E-state index < -0.39 is 5.97 Å². The van der Waals surface area contributed by atoms with Crippen molar-refractivity contribution in [2.75, 3.05) is 13.2 Å². The number of halogens is 1. The van der Waals surface area contributed by atoms with Crippen LogP contribution in [-0.2, 0) is 16.1 Å². The summed E-state index contributed by atoms with van der Waals surface area (Å²) >= 11 is 3.31. The summed E-state index contributed by atoms with van der Waals surface area (Å²) in [6, 6.07) is 5.32. The Labute approximate surface area is 115 Å². The highest BCUT2D eigenvalue weighted by molar-refractivity contribution is 9.10. The molecule has 0 bridgehead atoms. The Kier molecular flexibility index (Phi) is 6.75. The molecule has 0 saturated carbocycles. The van der Waals surface area contributed by atoms with Gasteiger partial charge in [0, 0.05) is 5.56 Å². The van der Waals surface area contributed by atoms with Crippen molar-refractivity contribution >= 4 is 21.9 Å². The van der Waals surface area contributed by atoms with Gasteiger partial charge in [-0.2, -0.15) is 0 Å². The van der Waals surface area contributed by atoms with Crippen molar-refractivity contribution in [1.29, 1.82) is 0 Å². The average Bonchev–Trinajstić information content (AvgIpc) is 2.37. The number of hydrogen-bond donors (Lipinski definition) is 1. The van der Waals surface area contributed by atoms with Crippen molar-refractivity contribution in [3.05, 3.63) is 28.2 Å². The van der Waals surface area contributed by atoms with Gasteiger partial charge in [0.1, 0.15) is 5.75 Å². The molecule has 0 fully saturated rings. The second kappa shape index (κ2) is 8.11. The number of benzene rings is 1. The molecule has 0 heterocycles. The summed E-state index contributed by atoms with van der Waals surface area (Å²) in [6.07, 6.45) is 1.83. The van der Waals surface area contributed by atoms with Gasteiger partial charge < -0.3 is 14.6 Å². The zero-order chi connectivity index (χ0) is 13.4. The molecule has 0 aliphatic carbocycles. The van der Waals surface area contributed by atoms with Crippen LogP contribution in [0.25, 0.3) is 0 Å². The standard InChI is InChI=1S/C13H17BrO4/c1-2-3-7-17-12(16)9-18-13-10(8-15)5-4-6-11(13)14/h4-6,15H,2-3,7-9H2,1H3. The van der Waals surface area contributed by atoms with Crippen molar-refractivity contribution < 1.29 is 19.4 Å². The summed E-state index contributed by atoms with van der Waals surface area (Å²) < 4.78 is 11.0. The highest BCUT2D eigenvalue weighted by Gasteiger charge is 2.10. The Morgan fingerprint density at radius 2 is 2.22 bits per heavy atom. The second-order valence-electron chi connectivity index (χ2n) is 3.75. The predicted molar refractivity (Wildman–Crippen MR) is 71.4 cm³/mol. The molecule has 0 aliphatic heterocycles. The van der Waals surface area contributed by atoms with Crippen LogP contribution in [0.5, 0.6) is 5.75 Å². The number of carbonyl (C=O) groups is 1. The summed E-state index contributed by atoms with van der Waals surface area (Å²) in [5.74, 6) is 0.0792. The van der Waals surface area contributed by atoms with Gasteiger partial charge in [0.15, 0.2) is 6.61 Å². The monoisotopic (exact) mass is 316 g/mol. The van der Waals surface area contributed by atoms with E-state index in [4.69, 9.17) is 14.6 Å². The molecule has 5 heteroatoms. The number of aliphatic hydroxyl groups is 1. The fraction of sp³-hybridized carbons (Fsp3) is 0.462. The van der Waals surface area contributed by atoms with Crippen LogP contribution < -0.4 is 4.74 Å². The van der Waals surface area contributed by atoms with E-state index in [2.05, 4.69) is 15.9 Å². The van der Waals surface area contributed by atoms with Crippen molar-refractivity contribution in [3.63, 3.8) is 0 Å². The smallest absolute Gasteiger partial charge is 0.344 e. The first-order chi connectivity index (χ1) is 8.69. The Bertz CT molecular complexity index is 393. The largest absolute Gasteiger partial charge is 0.480 e. The van der Waals surface area contributed by atoms with Gasteiger partial charge in [-0.3, -0.25) is 0 Å². The Balaban J connectivity index is 2.50. The van der Waals surface area contributed by atoms with Crippen molar-refractivity contribution in [2.24, 2.45) is 0 Å². The van der Waals surface area contributed by atoms with Gasteiger partial charge in [0.2, 0.25) is 0 Å². The van der Waals surface area contributed by atoms with E-state index >= 15 is 0 Å². The summed E-state index contributed by atoms with van der Waals surface area (Å²) in [7, 11) is 0. The van der Waals surface area contributed by atoms with E-state index in [1.807, 2.05) is 6.92 Å². The summed E-state index contributed by atoms with van der Waals surface area (Å²) in [5.41, 5.74) is 0.630. The maximum atomic E-state index is 11.4. The summed E-state index contributed by atoms with van der Waals surface area (Å²) in [4.78, 5) is 11.4. The van der Waals surface area contributed by atoms with E-state index in [0.29, 0.717) is 22.4 Å². The summed E-state index contributed by atoms with van der Waals surface area (Å²) in [5, 5.41) is 9.16. The SMILES string of the molecule is CCCCOC(=O)COc1c(Br)cccc1CO. The van der Waals surface area contributed by atoms with Crippen molar-refractivity contribution in [3.8, 4) is 5.75 Å². The minimum atomic E-state index is -0.400. The number of rotatable bonds is 7. The first kappa shape index (κ1) is 15.0. The highest BCUT2D eigenvalue weighted by atomic mass is 79.9. The van der Waals surface area contributed by atoms with Crippen LogP contribution in [0, 0.1) is 0 Å². The molecule has 18 heavy (non-hydrogen) atoms. The molecule has 1 N–H and O–H groups in total. The Morgan fingerprint density at radius 3 is 2.89 bits per heavy atom. The Morgan fingerprint density at radius 1 is 1.44 bits per heavy atom. The van der Waals surface area contributed by atoms with Crippen LogP contribution in [0.1, 0.15) is 25.3 Å². The number of carbonyl (C=O) groups excluding carboxylic acids is 1. The first-order valence-electron chi connectivity index (χ1n) is 5.85. The van der Waals surface area contributed by atoms with Crippen molar-refractivity contribution in [1.82, 2.24) is 0 Å². The van der Waals surface area contributed by atoms with Gasteiger partial charge in [-0.15, -0.1) is 0 Å². The average molecular weight is 317 g/mol. The van der Waals surface area contributed by atoms with E-state index in [1.165, 1.54) is 0 Å². The van der Waals surface area contributed by atoms with E-state index in [1.54, 1.807) is 18.2 Å². The molecule has 0 saturated heterocycles. The molecule has 0 unspecified atom stereocenters. The molecule has 1 aromatic carbocycles. The molecule has 4 nitrogen and oxygen atoms in total. The molecule has 0 aromatic heterocycles. The third kappa shape index (κ3) is 4.66. The van der Waals surface area contributed by atoms with E-state index in [0.717, 1.165) is 12.8 Å². The highest BCUT2D eigenvalue weighted by Crippen LogP contribution is 2.29. The van der Waals surface area contributed by atoms with Crippen LogP contribution >= 0.6 is 15.9 Å². The number of para-hydroxylation sites is 1. The zero-order valence-electron chi connectivity index (χ0n) is 10.3. The number of esters is 1. The van der Waals surface area contributed by atoms with E-state index in [9.17, 15) is 4.79 Å². The lowest BCUT2D eigenvalue weighted by molar-refractivity contribution is -0.146. The lowest BCUT2D eigenvalue weighted by Crippen LogP contribution is -2.16. The zero-order valence-corrected chi connectivity index (χ0v) is 11.9. The quantitative estimate of drug-likeness (QED) is 0.620. The number of hydrogen-bond acceptors (Lipinski definition) is 4. The predicted octanol–water partition coefficient (Wildman–Crippen LogP) is 2.66. The van der Waals surface area contributed by atoms with Gasteiger partial charge >= 0.3 is 5.97 Å². The third-order valence-electron chi connectivity index (χ3n) is 2.31. The number of aliphatic hydroxyl groups excluding tert-OH is 1. The Hall–Kier alpha value is -1.07. The molecule has 1 aromatic rings. The van der Waals surface area contributed by atoms with E-state index in [-0.39, 0.29) is 13.2 Å². The second-order valence-corrected chi connectivity index (χ2v) is 4.60. The van der Waals surface area contributed by atoms with Crippen LogP contribution in [0.3, 0.4) is 0 Å². The maximum Gasteiger partial charge on any atom is 0.344 e. The van der Waals surface area contributed by atoms with Gasteiger partial charge in [0.25, 0.3) is 0 Å². The van der Waals surface area contributed by atoms with Gasteiger partial charge in [0.05, 0.1) is 17.7 Å². The lowest BCUT2D eigenvalue weighted by Gasteiger charge is -2.11. The van der Waals surface area contributed by atoms with Crippen LogP contribution in [-0.4, -0.2) is 24.3 Å². The number of unbranched alkanes of at least 4 members (excludes halogenated alkanes) is 1. The molecule has 1 rings (SSSR count). The molecule has 0 atom stereocenters. The van der Waals surface area contributed by atoms with Gasteiger partial charge in [-0.25, -0.2) is 4.79 Å². The third-order valence-corrected chi connectivity index (χ3v) is 2.94. The van der Waals surface area contributed by atoms with Crippen LogP contribution in [0.4, 0.5) is 0 Å². The molecule has 0 aliphatic rings. The molecule has 0 radical (unpaired) electrons. The van der Waals surface area contributed by atoms with Crippen LogP contribution in [0.2, 0.25) is 0 Å². The fourth-order valence-corrected chi connectivity index (χ4v) is 1.86. The minimum Gasteiger partial charge on any atom is -0.480 e. The fourth-order valence-electron chi connectivity index (χ4n) is 1.34. The van der Waals surface area contributed by atoms with Gasteiger partial charge in [-0.05, 0) is 28.4 Å². The maximum absolute atomic E-state index is 11.4. The van der Waals surface area contributed by atoms with Gasteiger partial charge in [-0.1, -0.05) is 25.5 Å². The minimum absolute atomic E-state index is 0.139. The van der Waals surface area contributed by atoms with Crippen LogP contribution in [0.15, 0.2) is 22.7 Å². The lowest BCUT2D eigenvalue weighted by atomic mass is 10.2. The molecular formula is C13H17BrO4. The number of ether oxygens (including phenoxy) is 2. The summed E-state index contributed by atoms with van der Waals surface area (Å²) in [6.45, 7) is 2.15. The molecular weight excluding hydrogens is 300 g/mol. The topological polar surface area (TPSA) is 55.8 Å². The normalized spacial score (nSPS) is 10.2. The molecule has 100 valence electrons. The first-order valence-corrected chi connectivity index (χ1v) is 6.65. The van der Waals surface area contributed by atoms with Crippen molar-refractivity contribution in [2.45, 2.75) is 26.4 Å². The molecule has 0 spiro atoms.